The lowest BCUT2D eigenvalue weighted by atomic mass is 9.78. The summed E-state index contributed by atoms with van der Waals surface area (Å²) in [5, 5.41) is 14.2. The number of aliphatic carboxylic acids is 1. The predicted octanol–water partition coefficient (Wildman–Crippen LogP) is -0.473. The van der Waals surface area contributed by atoms with Gasteiger partial charge in [-0.1, -0.05) is 0 Å². The summed E-state index contributed by atoms with van der Waals surface area (Å²) < 4.78 is 0. The van der Waals surface area contributed by atoms with Gasteiger partial charge in [0.2, 0.25) is 11.8 Å². The molecule has 0 unspecified atom stereocenters. The number of amides is 2. The van der Waals surface area contributed by atoms with Gasteiger partial charge in [-0.15, -0.1) is 0 Å². The van der Waals surface area contributed by atoms with E-state index in [-0.39, 0.29) is 23.7 Å². The summed E-state index contributed by atoms with van der Waals surface area (Å²) in [6.07, 6.45) is 4.97. The fourth-order valence-corrected chi connectivity index (χ4v) is 4.55. The zero-order valence-corrected chi connectivity index (χ0v) is 12.8. The fraction of sp³-hybridized carbons (Fsp3) is 0.812. The first kappa shape index (κ1) is 15.3. The zero-order chi connectivity index (χ0) is 15.7. The van der Waals surface area contributed by atoms with Crippen LogP contribution in [0.15, 0.2) is 0 Å². The van der Waals surface area contributed by atoms with Gasteiger partial charge in [-0.25, -0.2) is 0 Å². The second kappa shape index (κ2) is 6.26. The Balaban J connectivity index is 1.45. The van der Waals surface area contributed by atoms with Gasteiger partial charge in [-0.3, -0.25) is 9.59 Å². The van der Waals surface area contributed by atoms with Crippen LogP contribution in [0.25, 0.3) is 0 Å². The lowest BCUT2D eigenvalue weighted by Gasteiger charge is -2.30. The predicted molar refractivity (Wildman–Crippen MR) is 76.3 cm³/mol. The lowest BCUT2D eigenvalue weighted by molar-refractivity contribution is -0.314. The van der Waals surface area contributed by atoms with Crippen molar-refractivity contribution in [1.82, 2.24) is 10.2 Å². The molecule has 1 saturated heterocycles. The maximum atomic E-state index is 12.3. The maximum Gasteiger partial charge on any atom is 0.224 e. The second-order valence-corrected chi connectivity index (χ2v) is 6.83. The summed E-state index contributed by atoms with van der Waals surface area (Å²) in [7, 11) is 0. The summed E-state index contributed by atoms with van der Waals surface area (Å²) in [5.41, 5.74) is 0. The van der Waals surface area contributed by atoms with Crippen molar-refractivity contribution in [2.75, 3.05) is 19.6 Å². The number of carbonyl (C=O) groups is 3. The van der Waals surface area contributed by atoms with E-state index in [4.69, 9.17) is 0 Å². The van der Waals surface area contributed by atoms with E-state index in [0.717, 1.165) is 32.2 Å². The van der Waals surface area contributed by atoms with E-state index in [1.165, 1.54) is 0 Å². The maximum absolute atomic E-state index is 12.3. The van der Waals surface area contributed by atoms with Crippen LogP contribution < -0.4 is 10.4 Å². The van der Waals surface area contributed by atoms with Gasteiger partial charge >= 0.3 is 0 Å². The van der Waals surface area contributed by atoms with Crippen LogP contribution in [0.2, 0.25) is 0 Å². The highest BCUT2D eigenvalue weighted by atomic mass is 16.4. The number of carboxylic acids is 1. The van der Waals surface area contributed by atoms with Gasteiger partial charge in [-0.2, -0.15) is 0 Å². The summed E-state index contributed by atoms with van der Waals surface area (Å²) in [6, 6.07) is 0. The summed E-state index contributed by atoms with van der Waals surface area (Å²) >= 11 is 0. The second-order valence-electron chi connectivity index (χ2n) is 6.83. The monoisotopic (exact) mass is 307 g/mol. The molecule has 1 aliphatic heterocycles. The molecule has 0 aromatic heterocycles. The van der Waals surface area contributed by atoms with Crippen molar-refractivity contribution in [2.24, 2.45) is 23.7 Å². The van der Waals surface area contributed by atoms with Crippen molar-refractivity contribution >= 4 is 17.8 Å². The standard InChI is InChI=1S/C16H24N2O4/c19-12-3-1-7-18(12)8-2-6-17-15(20)13-10-4-5-11(9-10)14(13)16(21)22/h10-11,13-14H,1-9H2,(H,17,20)(H,21,22)/p-1/t10-,11+,13+,14+/m1/s1. The van der Waals surface area contributed by atoms with E-state index in [2.05, 4.69) is 5.32 Å². The van der Waals surface area contributed by atoms with Crippen molar-refractivity contribution in [1.29, 1.82) is 0 Å². The smallest absolute Gasteiger partial charge is 0.224 e. The third-order valence-corrected chi connectivity index (χ3v) is 5.57. The topological polar surface area (TPSA) is 89.5 Å². The van der Waals surface area contributed by atoms with Crippen molar-refractivity contribution in [3.05, 3.63) is 0 Å². The molecule has 2 bridgehead atoms. The van der Waals surface area contributed by atoms with Gasteiger partial charge in [0.1, 0.15) is 0 Å². The molecular weight excluding hydrogens is 284 g/mol. The van der Waals surface area contributed by atoms with Crippen molar-refractivity contribution < 1.29 is 19.5 Å². The van der Waals surface area contributed by atoms with E-state index in [1.54, 1.807) is 0 Å². The molecule has 3 aliphatic rings. The number of fused-ring (bicyclic) bond motifs is 2. The molecule has 0 spiro atoms. The van der Waals surface area contributed by atoms with Crippen molar-refractivity contribution in [3.8, 4) is 0 Å². The molecule has 0 aromatic rings. The molecule has 6 nitrogen and oxygen atoms in total. The van der Waals surface area contributed by atoms with Crippen LogP contribution in [0, 0.1) is 23.7 Å². The van der Waals surface area contributed by atoms with Gasteiger partial charge in [0.25, 0.3) is 0 Å². The van der Waals surface area contributed by atoms with E-state index in [9.17, 15) is 19.5 Å². The third kappa shape index (κ3) is 2.83. The fourth-order valence-electron chi connectivity index (χ4n) is 4.55. The van der Waals surface area contributed by atoms with Crippen LogP contribution in [-0.4, -0.2) is 42.3 Å². The first-order valence-corrected chi connectivity index (χ1v) is 8.34. The molecule has 2 saturated carbocycles. The minimum absolute atomic E-state index is 0.118. The molecule has 1 N–H and O–H groups in total. The van der Waals surface area contributed by atoms with Gasteiger partial charge in [-0.05, 0) is 43.9 Å². The summed E-state index contributed by atoms with van der Waals surface area (Å²) in [4.78, 5) is 36.9. The van der Waals surface area contributed by atoms with E-state index in [1.807, 2.05) is 4.90 Å². The average molecular weight is 307 g/mol. The SMILES string of the molecule is O=C([O-])[C@H]1[C@H]2CC[C@H](C2)[C@@H]1C(=O)NCCCN1CCCC1=O. The molecule has 0 radical (unpaired) electrons. The van der Waals surface area contributed by atoms with E-state index in [0.29, 0.717) is 25.9 Å². The highest BCUT2D eigenvalue weighted by molar-refractivity contribution is 5.85. The Morgan fingerprint density at radius 3 is 2.59 bits per heavy atom. The molecule has 2 amide bonds. The number of hydrogen-bond acceptors (Lipinski definition) is 4. The number of likely N-dealkylation sites (tertiary alicyclic amines) is 1. The Kier molecular flexibility index (Phi) is 4.36. The molecule has 2 aliphatic carbocycles. The molecule has 1 heterocycles. The Morgan fingerprint density at radius 2 is 1.95 bits per heavy atom. The molecule has 22 heavy (non-hydrogen) atoms. The summed E-state index contributed by atoms with van der Waals surface area (Å²) in [6.45, 7) is 1.97. The Bertz CT molecular complexity index is 479. The van der Waals surface area contributed by atoms with E-state index < -0.39 is 17.8 Å². The first-order chi connectivity index (χ1) is 10.6. The molecule has 6 heteroatoms. The first-order valence-electron chi connectivity index (χ1n) is 8.34. The molecule has 4 atom stereocenters. The summed E-state index contributed by atoms with van der Waals surface area (Å²) in [5.74, 6) is -1.74. The van der Waals surface area contributed by atoms with E-state index >= 15 is 0 Å². The number of nitrogens with zero attached hydrogens (tertiary/aromatic N) is 1. The van der Waals surface area contributed by atoms with Gasteiger partial charge in [0.15, 0.2) is 0 Å². The van der Waals surface area contributed by atoms with Gasteiger partial charge < -0.3 is 20.1 Å². The Labute approximate surface area is 130 Å². The van der Waals surface area contributed by atoms with Gasteiger partial charge in [0, 0.05) is 43.9 Å². The van der Waals surface area contributed by atoms with Crippen molar-refractivity contribution in [3.63, 3.8) is 0 Å². The average Bonchev–Trinajstić information content (AvgIpc) is 3.18. The normalized spacial score (nSPS) is 33.5. The Morgan fingerprint density at radius 1 is 1.23 bits per heavy atom. The van der Waals surface area contributed by atoms with Crippen LogP contribution in [0.3, 0.4) is 0 Å². The number of carboxylic acid groups (broad SMARTS) is 1. The van der Waals surface area contributed by atoms with Crippen LogP contribution in [0.1, 0.15) is 38.5 Å². The highest BCUT2D eigenvalue weighted by Gasteiger charge is 2.51. The minimum atomic E-state index is -1.07. The molecule has 0 aromatic carbocycles. The lowest BCUT2D eigenvalue weighted by Crippen LogP contribution is -2.46. The number of carbonyl (C=O) groups excluding carboxylic acids is 3. The molecule has 122 valence electrons. The number of hydrogen-bond donors (Lipinski definition) is 1. The number of nitrogens with one attached hydrogen (secondary N) is 1. The van der Waals surface area contributed by atoms with Crippen LogP contribution in [0.5, 0.6) is 0 Å². The quantitative estimate of drug-likeness (QED) is 0.672. The molecular formula is C16H23N2O4-. The largest absolute Gasteiger partial charge is 0.550 e. The van der Waals surface area contributed by atoms with Gasteiger partial charge in [0.05, 0.1) is 0 Å². The highest BCUT2D eigenvalue weighted by Crippen LogP contribution is 2.52. The van der Waals surface area contributed by atoms with Crippen molar-refractivity contribution in [2.45, 2.75) is 38.5 Å². The molecule has 3 fully saturated rings. The van der Waals surface area contributed by atoms with Crippen LogP contribution in [0.4, 0.5) is 0 Å². The third-order valence-electron chi connectivity index (χ3n) is 5.57. The Hall–Kier alpha value is -1.59. The zero-order valence-electron chi connectivity index (χ0n) is 12.8. The van der Waals surface area contributed by atoms with Crippen LogP contribution in [-0.2, 0) is 14.4 Å². The number of rotatable bonds is 6. The van der Waals surface area contributed by atoms with Crippen LogP contribution >= 0.6 is 0 Å². The minimum Gasteiger partial charge on any atom is -0.550 e. The molecule has 3 rings (SSSR count).